The van der Waals surface area contributed by atoms with Crippen LogP contribution in [-0.4, -0.2) is 48.8 Å². The van der Waals surface area contributed by atoms with Crippen molar-refractivity contribution in [1.29, 1.82) is 0 Å². The normalized spacial score (nSPS) is 25.5. The lowest BCUT2D eigenvalue weighted by atomic mass is 9.86. The number of imidazole rings is 1. The third-order valence-corrected chi connectivity index (χ3v) is 5.28. The van der Waals surface area contributed by atoms with Crippen molar-refractivity contribution in [3.63, 3.8) is 0 Å². The van der Waals surface area contributed by atoms with Crippen LogP contribution in [0.25, 0.3) is 5.65 Å². The van der Waals surface area contributed by atoms with E-state index >= 15 is 0 Å². The Labute approximate surface area is 152 Å². The molecule has 0 aromatic carbocycles. The Morgan fingerprint density at radius 1 is 1.15 bits per heavy atom. The number of carbonyl (C=O) groups is 2. The Morgan fingerprint density at radius 2 is 1.85 bits per heavy atom. The van der Waals surface area contributed by atoms with Gasteiger partial charge in [0.15, 0.2) is 11.4 Å². The van der Waals surface area contributed by atoms with Crippen molar-refractivity contribution in [2.24, 2.45) is 5.92 Å². The second kappa shape index (κ2) is 6.07. The fourth-order valence-electron chi connectivity index (χ4n) is 4.24. The molecule has 4 rings (SSSR count). The second-order valence-electron chi connectivity index (χ2n) is 8.25. The standard InChI is InChI=1S/C19H24N4O3/c1-19(2,3)26-18(25)23-13-4-5-14(23)9-12(8-13)17(24)15-10-21-16-11-20-6-7-22(15)16/h6-7,10-14H,4-5,8-9H2,1-3H3. The minimum atomic E-state index is -0.506. The van der Waals surface area contributed by atoms with Crippen molar-refractivity contribution in [2.75, 3.05) is 0 Å². The maximum Gasteiger partial charge on any atom is 0.410 e. The van der Waals surface area contributed by atoms with Crippen molar-refractivity contribution < 1.29 is 14.3 Å². The minimum Gasteiger partial charge on any atom is -0.444 e. The summed E-state index contributed by atoms with van der Waals surface area (Å²) < 4.78 is 7.35. The highest BCUT2D eigenvalue weighted by molar-refractivity contribution is 5.97. The maximum atomic E-state index is 13.1. The lowest BCUT2D eigenvalue weighted by Crippen LogP contribution is -2.49. The van der Waals surface area contributed by atoms with Crippen molar-refractivity contribution >= 4 is 17.5 Å². The average Bonchev–Trinajstić information content (AvgIpc) is 3.11. The van der Waals surface area contributed by atoms with E-state index in [0.717, 1.165) is 12.8 Å². The highest BCUT2D eigenvalue weighted by Gasteiger charge is 2.46. The smallest absolute Gasteiger partial charge is 0.410 e. The van der Waals surface area contributed by atoms with E-state index in [1.165, 1.54) is 0 Å². The zero-order chi connectivity index (χ0) is 18.5. The van der Waals surface area contributed by atoms with Crippen LogP contribution in [0.4, 0.5) is 4.79 Å². The van der Waals surface area contributed by atoms with Gasteiger partial charge in [0.1, 0.15) is 11.3 Å². The summed E-state index contributed by atoms with van der Waals surface area (Å²) in [6.07, 6.45) is 9.68. The molecule has 7 nitrogen and oxygen atoms in total. The van der Waals surface area contributed by atoms with E-state index < -0.39 is 5.60 Å². The summed E-state index contributed by atoms with van der Waals surface area (Å²) in [7, 11) is 0. The van der Waals surface area contributed by atoms with E-state index in [-0.39, 0.29) is 29.9 Å². The van der Waals surface area contributed by atoms with Crippen molar-refractivity contribution in [1.82, 2.24) is 19.3 Å². The summed E-state index contributed by atoms with van der Waals surface area (Å²) in [4.78, 5) is 35.8. The van der Waals surface area contributed by atoms with Crippen molar-refractivity contribution in [3.05, 3.63) is 30.5 Å². The first-order valence-electron chi connectivity index (χ1n) is 9.16. The number of fused-ring (bicyclic) bond motifs is 3. The molecule has 138 valence electrons. The average molecular weight is 356 g/mol. The summed E-state index contributed by atoms with van der Waals surface area (Å²) in [6, 6.07) is 0.164. The van der Waals surface area contributed by atoms with Gasteiger partial charge in [-0.1, -0.05) is 0 Å². The van der Waals surface area contributed by atoms with Crippen LogP contribution in [0, 0.1) is 5.92 Å². The van der Waals surface area contributed by atoms with E-state index in [9.17, 15) is 9.59 Å². The van der Waals surface area contributed by atoms with E-state index in [0.29, 0.717) is 24.2 Å². The molecule has 0 saturated carbocycles. The van der Waals surface area contributed by atoms with Gasteiger partial charge in [0.25, 0.3) is 0 Å². The van der Waals surface area contributed by atoms with Gasteiger partial charge in [-0.05, 0) is 46.5 Å². The topological polar surface area (TPSA) is 76.8 Å². The van der Waals surface area contributed by atoms with Gasteiger partial charge in [0, 0.05) is 30.4 Å². The molecule has 0 radical (unpaired) electrons. The first-order valence-corrected chi connectivity index (χ1v) is 9.16. The molecule has 2 aliphatic rings. The van der Waals surface area contributed by atoms with E-state index in [2.05, 4.69) is 9.97 Å². The van der Waals surface area contributed by atoms with Gasteiger partial charge in [-0.2, -0.15) is 0 Å². The zero-order valence-electron chi connectivity index (χ0n) is 15.4. The van der Waals surface area contributed by atoms with Crippen LogP contribution in [0.2, 0.25) is 0 Å². The van der Waals surface area contributed by atoms with Gasteiger partial charge in [-0.3, -0.25) is 14.2 Å². The molecule has 2 atom stereocenters. The Balaban J connectivity index is 1.52. The number of ketones is 1. The predicted molar refractivity (Wildman–Crippen MR) is 94.9 cm³/mol. The van der Waals surface area contributed by atoms with E-state index in [1.54, 1.807) is 29.2 Å². The quantitative estimate of drug-likeness (QED) is 0.773. The van der Waals surface area contributed by atoms with Crippen LogP contribution in [-0.2, 0) is 4.74 Å². The Bertz CT molecular complexity index is 840. The van der Waals surface area contributed by atoms with E-state index in [4.69, 9.17) is 4.74 Å². The number of aromatic nitrogens is 3. The van der Waals surface area contributed by atoms with Gasteiger partial charge in [0.2, 0.25) is 0 Å². The molecule has 2 aromatic heterocycles. The number of ether oxygens (including phenoxy) is 1. The fourth-order valence-corrected chi connectivity index (χ4v) is 4.24. The molecular weight excluding hydrogens is 332 g/mol. The molecule has 2 saturated heterocycles. The monoisotopic (exact) mass is 356 g/mol. The third-order valence-electron chi connectivity index (χ3n) is 5.28. The van der Waals surface area contributed by atoms with Crippen LogP contribution in [0.5, 0.6) is 0 Å². The van der Waals surface area contributed by atoms with Crippen LogP contribution in [0.1, 0.15) is 56.9 Å². The van der Waals surface area contributed by atoms with Crippen LogP contribution < -0.4 is 0 Å². The SMILES string of the molecule is CC(C)(C)OC(=O)N1C2CCC1CC(C(=O)c1cnc3cnccn13)C2. The number of rotatable bonds is 2. The van der Waals surface area contributed by atoms with Crippen LogP contribution in [0.3, 0.4) is 0 Å². The molecule has 2 aromatic rings. The van der Waals surface area contributed by atoms with E-state index in [1.807, 2.05) is 25.7 Å². The van der Waals surface area contributed by atoms with Gasteiger partial charge >= 0.3 is 6.09 Å². The number of Topliss-reactive ketones (excluding diaryl/α,β-unsaturated/α-hetero) is 1. The first-order chi connectivity index (χ1) is 12.3. The zero-order valence-corrected chi connectivity index (χ0v) is 15.4. The maximum absolute atomic E-state index is 13.1. The van der Waals surface area contributed by atoms with Gasteiger partial charge < -0.3 is 9.64 Å². The second-order valence-corrected chi connectivity index (χ2v) is 8.25. The highest BCUT2D eigenvalue weighted by atomic mass is 16.6. The molecule has 7 heteroatoms. The number of hydrogen-bond donors (Lipinski definition) is 0. The number of carbonyl (C=O) groups excluding carboxylic acids is 2. The molecule has 2 fully saturated rings. The lowest BCUT2D eigenvalue weighted by molar-refractivity contribution is 0.00250. The molecule has 2 unspecified atom stereocenters. The largest absolute Gasteiger partial charge is 0.444 e. The summed E-state index contributed by atoms with van der Waals surface area (Å²) in [5.74, 6) is 0.0173. The Kier molecular flexibility index (Phi) is 3.97. The summed E-state index contributed by atoms with van der Waals surface area (Å²) in [5.41, 5.74) is 0.760. The van der Waals surface area contributed by atoms with Gasteiger partial charge in [-0.15, -0.1) is 0 Å². The fraction of sp³-hybridized carbons (Fsp3) is 0.579. The van der Waals surface area contributed by atoms with Gasteiger partial charge in [-0.25, -0.2) is 9.78 Å². The lowest BCUT2D eigenvalue weighted by Gasteiger charge is -2.38. The summed E-state index contributed by atoms with van der Waals surface area (Å²) >= 11 is 0. The molecule has 0 spiro atoms. The molecule has 2 aliphatic heterocycles. The molecule has 26 heavy (non-hydrogen) atoms. The van der Waals surface area contributed by atoms with Crippen LogP contribution in [0.15, 0.2) is 24.8 Å². The van der Waals surface area contributed by atoms with Crippen molar-refractivity contribution in [3.8, 4) is 0 Å². The Hall–Kier alpha value is -2.44. The number of amides is 1. The molecule has 0 aliphatic carbocycles. The number of nitrogens with zero attached hydrogens (tertiary/aromatic N) is 4. The number of piperidine rings is 1. The molecule has 1 amide bonds. The molecule has 4 heterocycles. The van der Waals surface area contributed by atoms with Gasteiger partial charge in [0.05, 0.1) is 12.4 Å². The summed E-state index contributed by atoms with van der Waals surface area (Å²) in [5, 5.41) is 0. The molecular formula is C19H24N4O3. The highest BCUT2D eigenvalue weighted by Crippen LogP contribution is 2.40. The summed E-state index contributed by atoms with van der Waals surface area (Å²) in [6.45, 7) is 5.63. The van der Waals surface area contributed by atoms with Crippen molar-refractivity contribution in [2.45, 2.75) is 64.1 Å². The Morgan fingerprint density at radius 3 is 2.50 bits per heavy atom. The third kappa shape index (κ3) is 2.95. The molecule has 2 bridgehead atoms. The van der Waals surface area contributed by atoms with Crippen LogP contribution >= 0.6 is 0 Å². The molecule has 0 N–H and O–H groups in total. The number of hydrogen-bond acceptors (Lipinski definition) is 5. The minimum absolute atomic E-state index is 0.0819. The first kappa shape index (κ1) is 17.0. The predicted octanol–water partition coefficient (Wildman–Crippen LogP) is 3.09.